The first-order valence-corrected chi connectivity index (χ1v) is 10.5. The Kier molecular flexibility index (Phi) is 4.75. The van der Waals surface area contributed by atoms with E-state index in [0.29, 0.717) is 5.92 Å². The molecule has 4 heteroatoms. The second-order valence-corrected chi connectivity index (χ2v) is 9.80. The molecule has 1 spiro atoms. The molecule has 128 valence electrons. The summed E-state index contributed by atoms with van der Waals surface area (Å²) in [6.45, 7) is 6.87. The number of aliphatic hydroxyl groups is 1. The van der Waals surface area contributed by atoms with Crippen molar-refractivity contribution in [3.8, 4) is 0 Å². The Morgan fingerprint density at radius 1 is 1.32 bits per heavy atom. The molecule has 1 unspecified atom stereocenters. The van der Waals surface area contributed by atoms with Crippen molar-refractivity contribution >= 4 is 10.8 Å². The van der Waals surface area contributed by atoms with Crippen LogP contribution in [0.3, 0.4) is 0 Å². The van der Waals surface area contributed by atoms with E-state index in [1.165, 1.54) is 19.3 Å². The van der Waals surface area contributed by atoms with Crippen LogP contribution in [0.25, 0.3) is 0 Å². The Morgan fingerprint density at radius 3 is 2.77 bits per heavy atom. The van der Waals surface area contributed by atoms with Gasteiger partial charge in [0, 0.05) is 11.2 Å². The molecular weight excluding hydrogens is 296 g/mol. The highest BCUT2D eigenvalue weighted by atomic mass is 32.2. The summed E-state index contributed by atoms with van der Waals surface area (Å²) in [5, 5.41) is 10.4. The minimum Gasteiger partial charge on any atom is -0.389 e. The van der Waals surface area contributed by atoms with E-state index in [9.17, 15) is 9.32 Å². The van der Waals surface area contributed by atoms with Gasteiger partial charge in [0.2, 0.25) is 0 Å². The van der Waals surface area contributed by atoms with Crippen LogP contribution in [-0.4, -0.2) is 32.7 Å². The fourth-order valence-corrected chi connectivity index (χ4v) is 7.39. The molecule has 3 rings (SSSR count). The molecule has 2 saturated carbocycles. The van der Waals surface area contributed by atoms with Crippen molar-refractivity contribution < 1.29 is 14.1 Å². The van der Waals surface area contributed by atoms with Gasteiger partial charge in [0.1, 0.15) is 0 Å². The summed E-state index contributed by atoms with van der Waals surface area (Å²) in [4.78, 5) is 0. The van der Waals surface area contributed by atoms with Gasteiger partial charge in [-0.2, -0.15) is 0 Å². The van der Waals surface area contributed by atoms with Gasteiger partial charge in [0.05, 0.1) is 23.0 Å². The average Bonchev–Trinajstić information content (AvgIpc) is 2.84. The zero-order chi connectivity index (χ0) is 16.0. The third-order valence-electron chi connectivity index (χ3n) is 6.98. The Balaban J connectivity index is 1.63. The van der Waals surface area contributed by atoms with Crippen molar-refractivity contribution in [2.24, 2.45) is 16.7 Å². The lowest BCUT2D eigenvalue weighted by Gasteiger charge is -2.47. The SMILES string of the molecule is CCCCCC[C@@H](O)[C@@H]1O[C@@H]2C[C@H]3CC[C@]2(CS1=O)C3(C)C. The molecule has 1 aliphatic heterocycles. The van der Waals surface area contributed by atoms with Crippen LogP contribution in [-0.2, 0) is 15.5 Å². The molecule has 1 heterocycles. The molecular formula is C18H32O3S. The summed E-state index contributed by atoms with van der Waals surface area (Å²) in [5.41, 5.74) is -0.113. The molecule has 2 bridgehead atoms. The minimum absolute atomic E-state index is 0.0982. The standard InChI is InChI=1S/C18H32O3S/c1-4-5-6-7-8-14(19)16-21-15-11-13-9-10-18(15,12-22(16)20)17(13,2)3/h13-16,19H,4-12H2,1-3H3/t13-,14-,15-,16-,18-,22?/m1/s1. The summed E-state index contributed by atoms with van der Waals surface area (Å²) < 4.78 is 19.0. The van der Waals surface area contributed by atoms with Gasteiger partial charge in [-0.1, -0.05) is 46.5 Å². The fourth-order valence-electron chi connectivity index (χ4n) is 5.27. The Hall–Kier alpha value is 0.0700. The zero-order valence-electron chi connectivity index (χ0n) is 14.3. The topological polar surface area (TPSA) is 46.5 Å². The van der Waals surface area contributed by atoms with Gasteiger partial charge < -0.3 is 9.84 Å². The molecule has 0 aromatic carbocycles. The molecule has 0 amide bonds. The Bertz CT molecular complexity index is 436. The first-order valence-electron chi connectivity index (χ1n) is 9.13. The van der Waals surface area contributed by atoms with E-state index in [0.717, 1.165) is 37.9 Å². The number of rotatable bonds is 6. The molecule has 22 heavy (non-hydrogen) atoms. The quantitative estimate of drug-likeness (QED) is 0.758. The van der Waals surface area contributed by atoms with Crippen molar-refractivity contribution in [2.45, 2.75) is 89.8 Å². The number of aliphatic hydroxyl groups excluding tert-OH is 1. The van der Waals surface area contributed by atoms with Crippen molar-refractivity contribution in [3.63, 3.8) is 0 Å². The summed E-state index contributed by atoms with van der Waals surface area (Å²) in [7, 11) is -1.06. The largest absolute Gasteiger partial charge is 0.389 e. The van der Waals surface area contributed by atoms with Gasteiger partial charge in [-0.3, -0.25) is 4.21 Å². The van der Waals surface area contributed by atoms with Crippen LogP contribution in [0.4, 0.5) is 0 Å². The lowest BCUT2D eigenvalue weighted by molar-refractivity contribution is -0.103. The van der Waals surface area contributed by atoms with Gasteiger partial charge >= 0.3 is 0 Å². The number of hydrogen-bond donors (Lipinski definition) is 1. The second kappa shape index (κ2) is 6.18. The average molecular weight is 329 g/mol. The van der Waals surface area contributed by atoms with Gasteiger partial charge in [-0.05, 0) is 37.0 Å². The van der Waals surface area contributed by atoms with Crippen LogP contribution >= 0.6 is 0 Å². The van der Waals surface area contributed by atoms with E-state index in [4.69, 9.17) is 4.74 Å². The molecule has 6 atom stereocenters. The molecule has 1 saturated heterocycles. The Morgan fingerprint density at radius 2 is 2.09 bits per heavy atom. The van der Waals surface area contributed by atoms with Crippen molar-refractivity contribution in [3.05, 3.63) is 0 Å². The predicted octanol–water partition coefficient (Wildman–Crippen LogP) is 3.62. The predicted molar refractivity (Wildman–Crippen MR) is 90.0 cm³/mol. The van der Waals surface area contributed by atoms with Crippen molar-refractivity contribution in [1.29, 1.82) is 0 Å². The van der Waals surface area contributed by atoms with E-state index in [1.807, 2.05) is 0 Å². The maximum atomic E-state index is 12.8. The minimum atomic E-state index is -1.06. The van der Waals surface area contributed by atoms with E-state index in [1.54, 1.807) is 0 Å². The third kappa shape index (κ3) is 2.50. The normalized spacial score (nSPS) is 44.0. The first kappa shape index (κ1) is 16.9. The maximum Gasteiger partial charge on any atom is 0.158 e. The number of hydrogen-bond acceptors (Lipinski definition) is 3. The van der Waals surface area contributed by atoms with Crippen molar-refractivity contribution in [1.82, 2.24) is 0 Å². The Labute approximate surface area is 137 Å². The van der Waals surface area contributed by atoms with Gasteiger partial charge in [0.15, 0.2) is 5.44 Å². The highest BCUT2D eigenvalue weighted by Gasteiger charge is 2.67. The van der Waals surface area contributed by atoms with Crippen LogP contribution in [0.15, 0.2) is 0 Å². The van der Waals surface area contributed by atoms with Crippen LogP contribution in [0.5, 0.6) is 0 Å². The highest BCUT2D eigenvalue weighted by Crippen LogP contribution is 2.68. The molecule has 3 aliphatic rings. The van der Waals surface area contributed by atoms with Gasteiger partial charge in [-0.15, -0.1) is 0 Å². The molecule has 1 N–H and O–H groups in total. The van der Waals surface area contributed by atoms with Crippen LogP contribution < -0.4 is 0 Å². The smallest absolute Gasteiger partial charge is 0.158 e. The summed E-state index contributed by atoms with van der Waals surface area (Å²) in [5.74, 6) is 1.44. The molecule has 0 radical (unpaired) electrons. The fraction of sp³-hybridized carbons (Fsp3) is 1.00. The maximum absolute atomic E-state index is 12.8. The van der Waals surface area contributed by atoms with Gasteiger partial charge in [-0.25, -0.2) is 0 Å². The highest BCUT2D eigenvalue weighted by molar-refractivity contribution is 7.85. The number of ether oxygens (including phenoxy) is 1. The number of fused-ring (bicyclic) bond motifs is 1. The van der Waals surface area contributed by atoms with Crippen LogP contribution in [0.2, 0.25) is 0 Å². The van der Waals surface area contributed by atoms with Crippen LogP contribution in [0.1, 0.15) is 72.1 Å². The van der Waals surface area contributed by atoms with E-state index < -0.39 is 22.3 Å². The summed E-state index contributed by atoms with van der Waals surface area (Å²) in [6.07, 6.45) is 8.46. The van der Waals surface area contributed by atoms with Crippen molar-refractivity contribution in [2.75, 3.05) is 5.75 Å². The molecule has 0 aromatic rings. The zero-order valence-corrected chi connectivity index (χ0v) is 15.2. The molecule has 0 aromatic heterocycles. The summed E-state index contributed by atoms with van der Waals surface area (Å²) in [6, 6.07) is 0. The number of unbranched alkanes of at least 4 members (excludes halogenated alkanes) is 3. The summed E-state index contributed by atoms with van der Waals surface area (Å²) >= 11 is 0. The molecule has 3 fully saturated rings. The first-order chi connectivity index (χ1) is 10.4. The molecule has 2 aliphatic carbocycles. The third-order valence-corrected chi connectivity index (χ3v) is 8.73. The monoisotopic (exact) mass is 328 g/mol. The lowest BCUT2D eigenvalue weighted by atomic mass is 9.69. The van der Waals surface area contributed by atoms with E-state index in [-0.39, 0.29) is 16.9 Å². The lowest BCUT2D eigenvalue weighted by Crippen LogP contribution is -2.54. The van der Waals surface area contributed by atoms with E-state index >= 15 is 0 Å². The second-order valence-electron chi connectivity index (χ2n) is 8.28. The van der Waals surface area contributed by atoms with Gasteiger partial charge in [0.25, 0.3) is 0 Å². The van der Waals surface area contributed by atoms with Crippen LogP contribution in [0, 0.1) is 16.7 Å². The molecule has 3 nitrogen and oxygen atoms in total. The van der Waals surface area contributed by atoms with E-state index in [2.05, 4.69) is 20.8 Å².